The van der Waals surface area contributed by atoms with Gasteiger partial charge in [-0.1, -0.05) is 5.16 Å². The molecule has 0 radical (unpaired) electrons. The highest BCUT2D eigenvalue weighted by molar-refractivity contribution is 5.85. The molecule has 2 aliphatic heterocycles. The summed E-state index contributed by atoms with van der Waals surface area (Å²) in [7, 11) is 0. The maximum atomic E-state index is 12.6. The molecule has 8 heteroatoms. The molecule has 3 aliphatic rings. The topological polar surface area (TPSA) is 80.5 Å². The molecule has 0 bridgehead atoms. The number of likely N-dealkylation sites (tertiary alicyclic amines) is 1. The van der Waals surface area contributed by atoms with Gasteiger partial charge in [0.15, 0.2) is 5.82 Å². The molecule has 2 saturated heterocycles. The number of halogens is 1. The molecule has 3 fully saturated rings. The minimum Gasteiger partial charge on any atom is -0.366 e. The maximum Gasteiger partial charge on any atom is 0.253 e. The molecule has 0 spiro atoms. The second-order valence-corrected chi connectivity index (χ2v) is 6.45. The van der Waals surface area contributed by atoms with Gasteiger partial charge in [-0.15, -0.1) is 12.4 Å². The van der Waals surface area contributed by atoms with Crippen LogP contribution < -0.4 is 5.32 Å². The van der Waals surface area contributed by atoms with Gasteiger partial charge in [0, 0.05) is 38.0 Å². The first-order valence-corrected chi connectivity index (χ1v) is 8.26. The minimum absolute atomic E-state index is 0. The summed E-state index contributed by atoms with van der Waals surface area (Å²) >= 11 is 0. The first-order valence-electron chi connectivity index (χ1n) is 8.26. The van der Waals surface area contributed by atoms with Crippen LogP contribution >= 0.6 is 12.4 Å². The summed E-state index contributed by atoms with van der Waals surface area (Å²) in [5.41, 5.74) is 0. The number of hydrogen-bond donors (Lipinski definition) is 1. The molecule has 7 nitrogen and oxygen atoms in total. The largest absolute Gasteiger partial charge is 0.366 e. The molecule has 2 atom stereocenters. The molecule has 23 heavy (non-hydrogen) atoms. The first-order chi connectivity index (χ1) is 10.8. The smallest absolute Gasteiger partial charge is 0.253 e. The number of carbonyl (C=O) groups is 1. The third-order valence-electron chi connectivity index (χ3n) is 4.69. The van der Waals surface area contributed by atoms with Crippen molar-refractivity contribution in [2.24, 2.45) is 0 Å². The zero-order chi connectivity index (χ0) is 14.9. The normalized spacial score (nSPS) is 28.3. The van der Waals surface area contributed by atoms with Crippen LogP contribution in [0.4, 0.5) is 0 Å². The summed E-state index contributed by atoms with van der Waals surface area (Å²) < 4.78 is 10.9. The van der Waals surface area contributed by atoms with Crippen LogP contribution in [0.1, 0.15) is 49.2 Å². The summed E-state index contributed by atoms with van der Waals surface area (Å²) in [5.74, 6) is 2.29. The third kappa shape index (κ3) is 3.67. The van der Waals surface area contributed by atoms with Gasteiger partial charge >= 0.3 is 0 Å². The van der Waals surface area contributed by atoms with E-state index in [1.54, 1.807) is 0 Å². The number of ether oxygens (including phenoxy) is 1. The van der Waals surface area contributed by atoms with Crippen molar-refractivity contribution in [1.29, 1.82) is 0 Å². The van der Waals surface area contributed by atoms with E-state index < -0.39 is 0 Å². The van der Waals surface area contributed by atoms with E-state index in [-0.39, 0.29) is 30.3 Å². The molecule has 0 aromatic carbocycles. The fraction of sp³-hybridized carbons (Fsp3) is 0.800. The number of nitrogens with one attached hydrogen (secondary N) is 1. The molecule has 128 valence electrons. The lowest BCUT2D eigenvalue weighted by atomic mass is 9.97. The van der Waals surface area contributed by atoms with E-state index in [2.05, 4.69) is 15.5 Å². The average molecular weight is 343 g/mol. The van der Waals surface area contributed by atoms with Gasteiger partial charge in [-0.25, -0.2) is 0 Å². The van der Waals surface area contributed by atoms with Crippen LogP contribution in [0.25, 0.3) is 0 Å². The number of morpholine rings is 1. The Labute approximate surface area is 141 Å². The van der Waals surface area contributed by atoms with Crippen molar-refractivity contribution in [3.8, 4) is 0 Å². The van der Waals surface area contributed by atoms with E-state index >= 15 is 0 Å². The maximum absolute atomic E-state index is 12.6. The van der Waals surface area contributed by atoms with Crippen molar-refractivity contribution in [3.05, 3.63) is 11.7 Å². The average Bonchev–Trinajstić information content (AvgIpc) is 3.32. The molecule has 1 saturated carbocycles. The number of nitrogens with zero attached hydrogens (tertiary/aromatic N) is 3. The Kier molecular flexibility index (Phi) is 5.18. The lowest BCUT2D eigenvalue weighted by Crippen LogP contribution is -2.51. The zero-order valence-corrected chi connectivity index (χ0v) is 13.9. The lowest BCUT2D eigenvalue weighted by Gasteiger charge is -2.34. The number of rotatable bonds is 3. The molecular formula is C15H23ClN4O3. The SMILES string of the molecule is Cl.O=C(C1CNCCO1)N1CCCC(c2noc(C3CC3)n2)C1. The van der Waals surface area contributed by atoms with Crippen molar-refractivity contribution in [2.45, 2.75) is 43.6 Å². The van der Waals surface area contributed by atoms with Gasteiger partial charge in [0.05, 0.1) is 6.61 Å². The highest BCUT2D eigenvalue weighted by Gasteiger charge is 2.34. The highest BCUT2D eigenvalue weighted by Crippen LogP contribution is 2.39. The van der Waals surface area contributed by atoms with E-state index in [9.17, 15) is 4.79 Å². The van der Waals surface area contributed by atoms with E-state index in [4.69, 9.17) is 9.26 Å². The Balaban J connectivity index is 0.00000156. The van der Waals surface area contributed by atoms with Crippen LogP contribution in [-0.2, 0) is 9.53 Å². The van der Waals surface area contributed by atoms with E-state index in [1.807, 2.05) is 4.90 Å². The minimum atomic E-state index is -0.347. The summed E-state index contributed by atoms with van der Waals surface area (Å²) in [5, 5.41) is 7.35. The second kappa shape index (κ2) is 7.15. The van der Waals surface area contributed by atoms with Crippen molar-refractivity contribution >= 4 is 18.3 Å². The number of piperidine rings is 1. The van der Waals surface area contributed by atoms with Crippen LogP contribution in [0.5, 0.6) is 0 Å². The Bertz CT molecular complexity index is 543. The third-order valence-corrected chi connectivity index (χ3v) is 4.69. The first kappa shape index (κ1) is 16.7. The van der Waals surface area contributed by atoms with Crippen LogP contribution in [0, 0.1) is 0 Å². The van der Waals surface area contributed by atoms with Crippen LogP contribution in [0.3, 0.4) is 0 Å². The van der Waals surface area contributed by atoms with E-state index in [1.165, 1.54) is 0 Å². The molecule has 4 rings (SSSR count). The molecule has 3 heterocycles. The van der Waals surface area contributed by atoms with E-state index in [0.717, 1.165) is 50.5 Å². The molecule has 1 aromatic heterocycles. The molecule has 1 aromatic rings. The Morgan fingerprint density at radius 2 is 2.13 bits per heavy atom. The Morgan fingerprint density at radius 3 is 2.87 bits per heavy atom. The molecule has 1 N–H and O–H groups in total. The predicted molar refractivity (Wildman–Crippen MR) is 84.7 cm³/mol. The van der Waals surface area contributed by atoms with Gasteiger partial charge < -0.3 is 19.5 Å². The zero-order valence-electron chi connectivity index (χ0n) is 13.1. The van der Waals surface area contributed by atoms with Gasteiger partial charge in [0.2, 0.25) is 5.89 Å². The molecule has 1 aliphatic carbocycles. The fourth-order valence-corrected chi connectivity index (χ4v) is 3.22. The highest BCUT2D eigenvalue weighted by atomic mass is 35.5. The van der Waals surface area contributed by atoms with Crippen LogP contribution in [-0.4, -0.2) is 59.8 Å². The van der Waals surface area contributed by atoms with Gasteiger partial charge in [-0.05, 0) is 25.7 Å². The number of amides is 1. The molecule has 2 unspecified atom stereocenters. The van der Waals surface area contributed by atoms with Crippen LogP contribution in [0.15, 0.2) is 4.52 Å². The lowest BCUT2D eigenvalue weighted by molar-refractivity contribution is -0.146. The summed E-state index contributed by atoms with van der Waals surface area (Å²) in [6.45, 7) is 3.49. The Morgan fingerprint density at radius 1 is 1.26 bits per heavy atom. The van der Waals surface area contributed by atoms with Crippen molar-refractivity contribution < 1.29 is 14.1 Å². The summed E-state index contributed by atoms with van der Waals surface area (Å²) in [6.07, 6.45) is 3.95. The Hall–Kier alpha value is -1.18. The summed E-state index contributed by atoms with van der Waals surface area (Å²) in [4.78, 5) is 19.0. The quantitative estimate of drug-likeness (QED) is 0.884. The van der Waals surface area contributed by atoms with Gasteiger partial charge in [-0.2, -0.15) is 4.98 Å². The predicted octanol–water partition coefficient (Wildman–Crippen LogP) is 1.06. The second-order valence-electron chi connectivity index (χ2n) is 6.45. The number of hydrogen-bond acceptors (Lipinski definition) is 6. The van der Waals surface area contributed by atoms with E-state index in [0.29, 0.717) is 25.6 Å². The van der Waals surface area contributed by atoms with Gasteiger partial charge in [0.1, 0.15) is 6.10 Å². The van der Waals surface area contributed by atoms with Crippen molar-refractivity contribution in [2.75, 3.05) is 32.8 Å². The molecule has 1 amide bonds. The molecular weight excluding hydrogens is 320 g/mol. The van der Waals surface area contributed by atoms with Gasteiger partial charge in [-0.3, -0.25) is 4.79 Å². The fourth-order valence-electron chi connectivity index (χ4n) is 3.22. The van der Waals surface area contributed by atoms with Crippen LogP contribution in [0.2, 0.25) is 0 Å². The van der Waals surface area contributed by atoms with Crippen molar-refractivity contribution in [3.63, 3.8) is 0 Å². The number of carbonyl (C=O) groups excluding carboxylic acids is 1. The summed E-state index contributed by atoms with van der Waals surface area (Å²) in [6, 6.07) is 0. The number of aromatic nitrogens is 2. The van der Waals surface area contributed by atoms with Gasteiger partial charge in [0.25, 0.3) is 5.91 Å². The standard InChI is InChI=1S/C15H22N4O3.ClH/c20-15(12-8-16-5-7-21-12)19-6-1-2-11(9-19)13-17-14(22-18-13)10-3-4-10;/h10-12,16H,1-9H2;1H. The monoisotopic (exact) mass is 342 g/mol. The van der Waals surface area contributed by atoms with Crippen molar-refractivity contribution in [1.82, 2.24) is 20.4 Å².